The maximum Gasteiger partial charge on any atom is 0.292 e. The number of aromatic nitrogens is 2. The van der Waals surface area contributed by atoms with Gasteiger partial charge < -0.3 is 9.73 Å². The number of nitrogens with one attached hydrogen (secondary N) is 2. The molecule has 0 bridgehead atoms. The third-order valence-corrected chi connectivity index (χ3v) is 2.59. The molecule has 0 aromatic carbocycles. The van der Waals surface area contributed by atoms with Crippen molar-refractivity contribution in [3.05, 3.63) is 35.4 Å². The second-order valence-electron chi connectivity index (χ2n) is 5.28. The first kappa shape index (κ1) is 12.4. The van der Waals surface area contributed by atoms with Crippen LogP contribution in [-0.4, -0.2) is 16.1 Å². The highest BCUT2D eigenvalue weighted by molar-refractivity contribution is 6.01. The van der Waals surface area contributed by atoms with Gasteiger partial charge in [0.25, 0.3) is 5.91 Å². The van der Waals surface area contributed by atoms with Crippen molar-refractivity contribution in [2.45, 2.75) is 33.1 Å². The van der Waals surface area contributed by atoms with Gasteiger partial charge in [0.2, 0.25) is 0 Å². The van der Waals surface area contributed by atoms with E-state index in [1.807, 2.05) is 6.07 Å². The molecule has 18 heavy (non-hydrogen) atoms. The number of nitrogens with zero attached hydrogens (tertiary/aromatic N) is 1. The van der Waals surface area contributed by atoms with Crippen LogP contribution in [-0.2, 0) is 5.41 Å². The van der Waals surface area contributed by atoms with Crippen LogP contribution >= 0.6 is 0 Å². The number of amides is 1. The number of anilines is 1. The Labute approximate surface area is 106 Å². The molecular weight excluding hydrogens is 230 g/mol. The van der Waals surface area contributed by atoms with Gasteiger partial charge in [-0.15, -0.1) is 0 Å². The van der Waals surface area contributed by atoms with Crippen molar-refractivity contribution in [3.63, 3.8) is 0 Å². The van der Waals surface area contributed by atoms with E-state index in [1.54, 1.807) is 19.1 Å². The van der Waals surface area contributed by atoms with E-state index in [1.165, 1.54) is 0 Å². The third kappa shape index (κ3) is 2.61. The molecule has 0 fully saturated rings. The Kier molecular flexibility index (Phi) is 2.98. The van der Waals surface area contributed by atoms with Crippen LogP contribution in [0.4, 0.5) is 5.82 Å². The van der Waals surface area contributed by atoms with Crippen LogP contribution < -0.4 is 5.32 Å². The molecule has 0 aliphatic rings. The lowest BCUT2D eigenvalue weighted by molar-refractivity contribution is 0.0995. The summed E-state index contributed by atoms with van der Waals surface area (Å²) >= 11 is 0. The van der Waals surface area contributed by atoms with Gasteiger partial charge in [-0.25, -0.2) is 0 Å². The lowest BCUT2D eigenvalue weighted by Gasteiger charge is -2.14. The van der Waals surface area contributed by atoms with Gasteiger partial charge in [-0.1, -0.05) is 20.8 Å². The molecule has 0 saturated carbocycles. The minimum Gasteiger partial charge on any atom is -0.456 e. The molecule has 0 saturated heterocycles. The summed E-state index contributed by atoms with van der Waals surface area (Å²) in [6.07, 6.45) is 0. The zero-order chi connectivity index (χ0) is 13.3. The quantitative estimate of drug-likeness (QED) is 0.857. The normalized spacial score (nSPS) is 11.6. The van der Waals surface area contributed by atoms with Gasteiger partial charge in [0.15, 0.2) is 11.6 Å². The fourth-order valence-electron chi connectivity index (χ4n) is 1.50. The average Bonchev–Trinajstić information content (AvgIpc) is 2.85. The van der Waals surface area contributed by atoms with Crippen LogP contribution in [0.5, 0.6) is 0 Å². The van der Waals surface area contributed by atoms with Gasteiger partial charge in [0, 0.05) is 17.2 Å². The molecule has 0 spiro atoms. The predicted molar refractivity (Wildman–Crippen MR) is 68.7 cm³/mol. The number of carbonyl (C=O) groups is 1. The zero-order valence-corrected chi connectivity index (χ0v) is 11.0. The van der Waals surface area contributed by atoms with E-state index in [0.717, 1.165) is 5.69 Å². The van der Waals surface area contributed by atoms with Gasteiger partial charge in [-0.3, -0.25) is 9.89 Å². The topological polar surface area (TPSA) is 70.9 Å². The van der Waals surface area contributed by atoms with Gasteiger partial charge in [0.1, 0.15) is 5.76 Å². The molecule has 2 rings (SSSR count). The van der Waals surface area contributed by atoms with Crippen LogP contribution in [0.15, 0.2) is 22.6 Å². The standard InChI is InChI=1S/C13H17N3O2/c1-8-5-6-9(18-8)12(17)14-11-7-10(15-16-11)13(2,3)4/h5-7H,1-4H3,(H2,14,15,16,17). The smallest absolute Gasteiger partial charge is 0.292 e. The molecule has 1 amide bonds. The second-order valence-corrected chi connectivity index (χ2v) is 5.28. The summed E-state index contributed by atoms with van der Waals surface area (Å²) in [4.78, 5) is 11.8. The van der Waals surface area contributed by atoms with Crippen LogP contribution in [0.2, 0.25) is 0 Å². The molecule has 2 heterocycles. The molecule has 2 aromatic heterocycles. The van der Waals surface area contributed by atoms with Crippen LogP contribution in [0, 0.1) is 6.92 Å². The predicted octanol–water partition coefficient (Wildman–Crippen LogP) is 2.86. The van der Waals surface area contributed by atoms with E-state index in [4.69, 9.17) is 4.42 Å². The van der Waals surface area contributed by atoms with Crippen molar-refractivity contribution in [2.75, 3.05) is 5.32 Å². The molecule has 2 aromatic rings. The second kappa shape index (κ2) is 4.33. The van der Waals surface area contributed by atoms with Crippen molar-refractivity contribution >= 4 is 11.7 Å². The first-order valence-electron chi connectivity index (χ1n) is 5.80. The zero-order valence-electron chi connectivity index (χ0n) is 11.0. The number of aryl methyl sites for hydroxylation is 1. The number of H-pyrrole nitrogens is 1. The SMILES string of the molecule is Cc1ccc(C(=O)Nc2cc(C(C)(C)C)[nH]n2)o1. The molecule has 0 aliphatic heterocycles. The molecule has 5 heteroatoms. The maximum absolute atomic E-state index is 11.8. The van der Waals surface area contributed by atoms with E-state index < -0.39 is 0 Å². The number of rotatable bonds is 2. The molecular formula is C13H17N3O2. The fourth-order valence-corrected chi connectivity index (χ4v) is 1.50. The lowest BCUT2D eigenvalue weighted by Crippen LogP contribution is -2.12. The van der Waals surface area contributed by atoms with Crippen molar-refractivity contribution in [3.8, 4) is 0 Å². The van der Waals surface area contributed by atoms with E-state index in [-0.39, 0.29) is 17.1 Å². The van der Waals surface area contributed by atoms with E-state index in [0.29, 0.717) is 11.6 Å². The fraction of sp³-hybridized carbons (Fsp3) is 0.385. The third-order valence-electron chi connectivity index (χ3n) is 2.59. The maximum atomic E-state index is 11.8. The lowest BCUT2D eigenvalue weighted by atomic mass is 9.92. The molecule has 0 aliphatic carbocycles. The molecule has 0 atom stereocenters. The molecule has 96 valence electrons. The van der Waals surface area contributed by atoms with E-state index >= 15 is 0 Å². The number of hydrogen-bond acceptors (Lipinski definition) is 3. The largest absolute Gasteiger partial charge is 0.456 e. The van der Waals surface area contributed by atoms with Gasteiger partial charge in [-0.2, -0.15) is 5.10 Å². The highest BCUT2D eigenvalue weighted by atomic mass is 16.3. The number of furan rings is 1. The Bertz CT molecular complexity index is 561. The number of hydrogen-bond donors (Lipinski definition) is 2. The molecule has 2 N–H and O–H groups in total. The monoisotopic (exact) mass is 247 g/mol. The minimum atomic E-state index is -0.296. The summed E-state index contributed by atoms with van der Waals surface area (Å²) in [5.74, 6) is 1.19. The van der Waals surface area contributed by atoms with Crippen molar-refractivity contribution in [1.82, 2.24) is 10.2 Å². The Hall–Kier alpha value is -2.04. The minimum absolute atomic E-state index is 0.0305. The van der Waals surface area contributed by atoms with Crippen molar-refractivity contribution in [2.24, 2.45) is 0 Å². The summed E-state index contributed by atoms with van der Waals surface area (Å²) in [7, 11) is 0. The van der Waals surface area contributed by atoms with Crippen LogP contribution in [0.3, 0.4) is 0 Å². The Balaban J connectivity index is 2.10. The summed E-state index contributed by atoms with van der Waals surface area (Å²) in [6.45, 7) is 8.01. The number of aromatic amines is 1. The first-order chi connectivity index (χ1) is 8.36. The summed E-state index contributed by atoms with van der Waals surface area (Å²) in [6, 6.07) is 5.22. The van der Waals surface area contributed by atoms with E-state index in [2.05, 4.69) is 36.3 Å². The van der Waals surface area contributed by atoms with Crippen molar-refractivity contribution < 1.29 is 9.21 Å². The molecule has 5 nitrogen and oxygen atoms in total. The van der Waals surface area contributed by atoms with Crippen LogP contribution in [0.25, 0.3) is 0 Å². The van der Waals surface area contributed by atoms with Crippen molar-refractivity contribution in [1.29, 1.82) is 0 Å². The first-order valence-corrected chi connectivity index (χ1v) is 5.80. The highest BCUT2D eigenvalue weighted by Gasteiger charge is 2.18. The highest BCUT2D eigenvalue weighted by Crippen LogP contribution is 2.22. The van der Waals surface area contributed by atoms with Gasteiger partial charge in [-0.05, 0) is 19.1 Å². The number of carbonyl (C=O) groups excluding carboxylic acids is 1. The Morgan fingerprint density at radius 3 is 2.61 bits per heavy atom. The Morgan fingerprint density at radius 2 is 2.11 bits per heavy atom. The summed E-state index contributed by atoms with van der Waals surface area (Å²) < 4.78 is 5.24. The van der Waals surface area contributed by atoms with Gasteiger partial charge in [0.05, 0.1) is 0 Å². The average molecular weight is 247 g/mol. The van der Waals surface area contributed by atoms with E-state index in [9.17, 15) is 4.79 Å². The summed E-state index contributed by atoms with van der Waals surface area (Å²) in [5, 5.41) is 9.66. The van der Waals surface area contributed by atoms with Crippen LogP contribution in [0.1, 0.15) is 42.8 Å². The Morgan fingerprint density at radius 1 is 1.39 bits per heavy atom. The molecule has 0 radical (unpaired) electrons. The van der Waals surface area contributed by atoms with Gasteiger partial charge >= 0.3 is 0 Å². The summed E-state index contributed by atoms with van der Waals surface area (Å²) in [5.41, 5.74) is 0.936. The molecule has 0 unspecified atom stereocenters.